The van der Waals surface area contributed by atoms with E-state index in [4.69, 9.17) is 0 Å². The maximum atomic E-state index is 12.8. The highest BCUT2D eigenvalue weighted by Gasteiger charge is 2.37. The molecule has 1 aromatic heterocycles. The maximum Gasteiger partial charge on any atom is 0.270 e. The van der Waals surface area contributed by atoms with E-state index >= 15 is 0 Å². The predicted octanol–water partition coefficient (Wildman–Crippen LogP) is 1.51. The van der Waals surface area contributed by atoms with Crippen LogP contribution < -0.4 is 10.9 Å². The molecule has 0 radical (unpaired) electrons. The first kappa shape index (κ1) is 14.3. The van der Waals surface area contributed by atoms with Gasteiger partial charge in [-0.3, -0.25) is 9.59 Å². The molecule has 0 aliphatic carbocycles. The SMILES string of the molecule is CCCN(C(=O)c1cccc(=O)[nH]1)C1CC2CCC(C1)N2. The third kappa shape index (κ3) is 3.02. The molecule has 2 atom stereocenters. The third-order valence-electron chi connectivity index (χ3n) is 4.61. The number of piperidine rings is 1. The number of carbonyl (C=O) groups is 1. The van der Waals surface area contributed by atoms with Crippen LogP contribution in [0.25, 0.3) is 0 Å². The Morgan fingerprint density at radius 3 is 2.62 bits per heavy atom. The molecule has 3 rings (SSSR count). The first-order chi connectivity index (χ1) is 10.2. The zero-order chi connectivity index (χ0) is 14.8. The molecule has 1 amide bonds. The van der Waals surface area contributed by atoms with E-state index in [1.807, 2.05) is 4.90 Å². The Morgan fingerprint density at radius 1 is 1.29 bits per heavy atom. The molecule has 1 aromatic rings. The number of hydrogen-bond acceptors (Lipinski definition) is 3. The van der Waals surface area contributed by atoms with Gasteiger partial charge in [0.25, 0.3) is 5.91 Å². The summed E-state index contributed by atoms with van der Waals surface area (Å²) in [6.45, 7) is 2.84. The summed E-state index contributed by atoms with van der Waals surface area (Å²) >= 11 is 0. The molecule has 2 saturated heterocycles. The maximum absolute atomic E-state index is 12.8. The van der Waals surface area contributed by atoms with Crippen LogP contribution in [0.15, 0.2) is 23.0 Å². The second-order valence-electron chi connectivity index (χ2n) is 6.19. The molecule has 21 heavy (non-hydrogen) atoms. The van der Waals surface area contributed by atoms with E-state index in [0.717, 1.165) is 25.8 Å². The molecular formula is C16H23N3O2. The van der Waals surface area contributed by atoms with E-state index in [1.165, 1.54) is 18.9 Å². The molecular weight excluding hydrogens is 266 g/mol. The van der Waals surface area contributed by atoms with Crippen LogP contribution >= 0.6 is 0 Å². The molecule has 2 aliphatic heterocycles. The first-order valence-electron chi connectivity index (χ1n) is 7.93. The minimum absolute atomic E-state index is 0.0409. The lowest BCUT2D eigenvalue weighted by Crippen LogP contribution is -2.50. The highest BCUT2D eigenvalue weighted by Crippen LogP contribution is 2.30. The zero-order valence-electron chi connectivity index (χ0n) is 12.5. The van der Waals surface area contributed by atoms with Crippen LogP contribution in [0.1, 0.15) is 49.5 Å². The number of aromatic amines is 1. The van der Waals surface area contributed by atoms with Gasteiger partial charge in [0.1, 0.15) is 5.69 Å². The molecule has 114 valence electrons. The Hall–Kier alpha value is -1.62. The second kappa shape index (κ2) is 6.02. The lowest BCUT2D eigenvalue weighted by atomic mass is 9.97. The minimum atomic E-state index is -0.220. The van der Waals surface area contributed by atoms with Gasteiger partial charge in [-0.15, -0.1) is 0 Å². The normalized spacial score (nSPS) is 27.6. The molecule has 0 aromatic carbocycles. The van der Waals surface area contributed by atoms with Gasteiger partial charge in [-0.2, -0.15) is 0 Å². The van der Waals surface area contributed by atoms with Gasteiger partial charge in [-0.25, -0.2) is 0 Å². The van der Waals surface area contributed by atoms with Crippen molar-refractivity contribution in [3.05, 3.63) is 34.2 Å². The number of pyridine rings is 1. The smallest absolute Gasteiger partial charge is 0.270 e. The van der Waals surface area contributed by atoms with Crippen molar-refractivity contribution in [3.63, 3.8) is 0 Å². The highest BCUT2D eigenvalue weighted by atomic mass is 16.2. The van der Waals surface area contributed by atoms with E-state index in [2.05, 4.69) is 17.2 Å². The van der Waals surface area contributed by atoms with Crippen molar-refractivity contribution in [2.75, 3.05) is 6.54 Å². The Balaban J connectivity index is 1.80. The summed E-state index contributed by atoms with van der Waals surface area (Å²) in [6, 6.07) is 6.17. The Bertz CT molecular complexity index is 557. The van der Waals surface area contributed by atoms with Crippen molar-refractivity contribution in [3.8, 4) is 0 Å². The number of amides is 1. The molecule has 0 saturated carbocycles. The van der Waals surface area contributed by atoms with Crippen LogP contribution in [0, 0.1) is 0 Å². The van der Waals surface area contributed by atoms with Crippen LogP contribution in [-0.4, -0.2) is 40.5 Å². The first-order valence-corrected chi connectivity index (χ1v) is 7.93. The molecule has 2 bridgehead atoms. The summed E-state index contributed by atoms with van der Waals surface area (Å²) in [5, 5.41) is 3.61. The van der Waals surface area contributed by atoms with Crippen LogP contribution in [0.4, 0.5) is 0 Å². The molecule has 5 heteroatoms. The van der Waals surface area contributed by atoms with E-state index < -0.39 is 0 Å². The summed E-state index contributed by atoms with van der Waals surface area (Å²) < 4.78 is 0. The van der Waals surface area contributed by atoms with Gasteiger partial charge in [0.05, 0.1) is 0 Å². The molecule has 2 unspecified atom stereocenters. The Kier molecular flexibility index (Phi) is 4.10. The van der Waals surface area contributed by atoms with Crippen molar-refractivity contribution < 1.29 is 4.79 Å². The van der Waals surface area contributed by atoms with Gasteiger partial charge < -0.3 is 15.2 Å². The van der Waals surface area contributed by atoms with E-state index in [0.29, 0.717) is 23.8 Å². The summed E-state index contributed by atoms with van der Waals surface area (Å²) in [7, 11) is 0. The largest absolute Gasteiger partial charge is 0.334 e. The average molecular weight is 289 g/mol. The van der Waals surface area contributed by atoms with Crippen molar-refractivity contribution in [2.24, 2.45) is 0 Å². The van der Waals surface area contributed by atoms with Crippen LogP contribution in [0.5, 0.6) is 0 Å². The number of fused-ring (bicyclic) bond motifs is 2. The van der Waals surface area contributed by atoms with Crippen molar-refractivity contribution in [1.29, 1.82) is 0 Å². The summed E-state index contributed by atoms with van der Waals surface area (Å²) in [6.07, 6.45) is 5.43. The van der Waals surface area contributed by atoms with Crippen LogP contribution in [0.2, 0.25) is 0 Å². The summed E-state index contributed by atoms with van der Waals surface area (Å²) in [5.41, 5.74) is 0.185. The van der Waals surface area contributed by atoms with E-state index in [-0.39, 0.29) is 11.5 Å². The Morgan fingerprint density at radius 2 is 2.00 bits per heavy atom. The van der Waals surface area contributed by atoms with Crippen molar-refractivity contribution in [1.82, 2.24) is 15.2 Å². The molecule has 0 spiro atoms. The lowest BCUT2D eigenvalue weighted by molar-refractivity contribution is 0.0610. The molecule has 5 nitrogen and oxygen atoms in total. The van der Waals surface area contributed by atoms with Gasteiger partial charge >= 0.3 is 0 Å². The monoisotopic (exact) mass is 289 g/mol. The van der Waals surface area contributed by atoms with Gasteiger partial charge in [0.15, 0.2) is 0 Å². The van der Waals surface area contributed by atoms with Gasteiger partial charge in [0.2, 0.25) is 5.56 Å². The van der Waals surface area contributed by atoms with Gasteiger partial charge in [-0.05, 0) is 38.2 Å². The predicted molar refractivity (Wildman–Crippen MR) is 81.4 cm³/mol. The minimum Gasteiger partial charge on any atom is -0.334 e. The number of H-pyrrole nitrogens is 1. The number of nitrogens with zero attached hydrogens (tertiary/aromatic N) is 1. The lowest BCUT2D eigenvalue weighted by Gasteiger charge is -2.37. The molecule has 3 heterocycles. The Labute approximate surface area is 124 Å². The third-order valence-corrected chi connectivity index (χ3v) is 4.61. The summed E-state index contributed by atoms with van der Waals surface area (Å²) in [4.78, 5) is 28.8. The average Bonchev–Trinajstić information content (AvgIpc) is 2.82. The fourth-order valence-electron chi connectivity index (χ4n) is 3.70. The zero-order valence-corrected chi connectivity index (χ0v) is 12.5. The quantitative estimate of drug-likeness (QED) is 0.883. The van der Waals surface area contributed by atoms with Gasteiger partial charge in [0, 0.05) is 30.7 Å². The van der Waals surface area contributed by atoms with Crippen molar-refractivity contribution >= 4 is 5.91 Å². The number of rotatable bonds is 4. The second-order valence-corrected chi connectivity index (χ2v) is 6.19. The molecule has 2 aliphatic rings. The number of nitrogens with one attached hydrogen (secondary N) is 2. The van der Waals surface area contributed by atoms with E-state index in [9.17, 15) is 9.59 Å². The molecule has 2 fully saturated rings. The highest BCUT2D eigenvalue weighted by molar-refractivity contribution is 5.92. The fourth-order valence-corrected chi connectivity index (χ4v) is 3.70. The van der Waals surface area contributed by atoms with Crippen LogP contribution in [-0.2, 0) is 0 Å². The number of carbonyl (C=O) groups excluding carboxylic acids is 1. The van der Waals surface area contributed by atoms with Crippen molar-refractivity contribution in [2.45, 2.75) is 57.2 Å². The summed E-state index contributed by atoms with van der Waals surface area (Å²) in [5.74, 6) is -0.0409. The number of aromatic nitrogens is 1. The fraction of sp³-hybridized carbons (Fsp3) is 0.625. The van der Waals surface area contributed by atoms with Gasteiger partial charge in [-0.1, -0.05) is 13.0 Å². The number of hydrogen-bond donors (Lipinski definition) is 2. The van der Waals surface area contributed by atoms with Crippen LogP contribution in [0.3, 0.4) is 0 Å². The standard InChI is InChI=1S/C16H23N3O2/c1-2-8-19(13-9-11-6-7-12(10-13)17-11)16(21)14-4-3-5-15(20)18-14/h3-5,11-13,17H,2,6-10H2,1H3,(H,18,20). The van der Waals surface area contributed by atoms with E-state index in [1.54, 1.807) is 12.1 Å². The topological polar surface area (TPSA) is 65.2 Å². The molecule has 2 N–H and O–H groups in total.